The fourth-order valence-corrected chi connectivity index (χ4v) is 1.89. The van der Waals surface area contributed by atoms with Gasteiger partial charge < -0.3 is 20.1 Å². The number of carbonyl (C=O) groups excluding carboxylic acids is 1. The minimum atomic E-state index is -0.602. The van der Waals surface area contributed by atoms with Gasteiger partial charge in [0.15, 0.2) is 6.73 Å². The molecule has 8 heteroatoms. The first-order valence-electron chi connectivity index (χ1n) is 7.24. The molecule has 126 valence electrons. The highest BCUT2D eigenvalue weighted by Gasteiger charge is 2.14. The van der Waals surface area contributed by atoms with Crippen molar-refractivity contribution in [1.82, 2.24) is 5.32 Å². The molecular formula is C16H17N3O5. The van der Waals surface area contributed by atoms with Crippen molar-refractivity contribution >= 4 is 17.4 Å². The van der Waals surface area contributed by atoms with Crippen molar-refractivity contribution in [3.63, 3.8) is 0 Å². The Balaban J connectivity index is 1.82. The second kappa shape index (κ2) is 8.37. The molecular weight excluding hydrogens is 314 g/mol. The summed E-state index contributed by atoms with van der Waals surface area (Å²) in [6.45, 7) is 2.39. The van der Waals surface area contributed by atoms with Gasteiger partial charge in [-0.3, -0.25) is 10.1 Å². The third-order valence-electron chi connectivity index (χ3n) is 2.96. The van der Waals surface area contributed by atoms with E-state index < -0.39 is 11.0 Å². The van der Waals surface area contributed by atoms with Crippen molar-refractivity contribution < 1.29 is 19.2 Å². The summed E-state index contributed by atoms with van der Waals surface area (Å²) >= 11 is 0. The van der Waals surface area contributed by atoms with Crippen LogP contribution in [0.1, 0.15) is 6.92 Å². The Bertz CT molecular complexity index is 703. The van der Waals surface area contributed by atoms with Crippen molar-refractivity contribution in [3.05, 3.63) is 58.6 Å². The highest BCUT2D eigenvalue weighted by molar-refractivity contribution is 5.91. The summed E-state index contributed by atoms with van der Waals surface area (Å²) in [5, 5.41) is 15.7. The number of hydrogen-bond donors (Lipinski definition) is 2. The summed E-state index contributed by atoms with van der Waals surface area (Å²) in [7, 11) is 0. The molecule has 0 atom stereocenters. The van der Waals surface area contributed by atoms with Gasteiger partial charge in [0.25, 0.3) is 5.69 Å². The first-order valence-corrected chi connectivity index (χ1v) is 7.24. The van der Waals surface area contributed by atoms with Crippen LogP contribution in [0.5, 0.6) is 11.5 Å². The molecule has 0 aliphatic heterocycles. The number of amides is 2. The molecule has 0 heterocycles. The van der Waals surface area contributed by atoms with Gasteiger partial charge in [0.2, 0.25) is 0 Å². The summed E-state index contributed by atoms with van der Waals surface area (Å²) in [5.41, 5.74) is -0.0684. The minimum Gasteiger partial charge on any atom is -0.494 e. The van der Waals surface area contributed by atoms with Crippen LogP contribution in [0.15, 0.2) is 48.5 Å². The van der Waals surface area contributed by atoms with Gasteiger partial charge >= 0.3 is 6.03 Å². The van der Waals surface area contributed by atoms with E-state index in [1.165, 1.54) is 18.2 Å². The predicted molar refractivity (Wildman–Crippen MR) is 88.4 cm³/mol. The first-order chi connectivity index (χ1) is 11.6. The monoisotopic (exact) mass is 331 g/mol. The molecule has 2 amide bonds. The Labute approximate surface area is 138 Å². The van der Waals surface area contributed by atoms with Crippen LogP contribution in [-0.4, -0.2) is 24.3 Å². The average Bonchev–Trinajstić information content (AvgIpc) is 2.57. The van der Waals surface area contributed by atoms with Crippen LogP contribution in [0.3, 0.4) is 0 Å². The lowest BCUT2D eigenvalue weighted by atomic mass is 10.3. The van der Waals surface area contributed by atoms with E-state index in [0.717, 1.165) is 5.75 Å². The fourth-order valence-electron chi connectivity index (χ4n) is 1.89. The Morgan fingerprint density at radius 1 is 1.08 bits per heavy atom. The second-order valence-electron chi connectivity index (χ2n) is 4.60. The van der Waals surface area contributed by atoms with Crippen molar-refractivity contribution in [2.75, 3.05) is 18.7 Å². The second-order valence-corrected chi connectivity index (χ2v) is 4.60. The van der Waals surface area contributed by atoms with Gasteiger partial charge in [-0.1, -0.05) is 12.1 Å². The van der Waals surface area contributed by atoms with Gasteiger partial charge in [0.05, 0.1) is 11.5 Å². The zero-order chi connectivity index (χ0) is 17.4. The van der Waals surface area contributed by atoms with E-state index in [1.54, 1.807) is 30.3 Å². The zero-order valence-electron chi connectivity index (χ0n) is 13.0. The third kappa shape index (κ3) is 4.87. The number of urea groups is 1. The molecule has 0 aliphatic carbocycles. The van der Waals surface area contributed by atoms with Crippen molar-refractivity contribution in [2.45, 2.75) is 6.92 Å². The number of nitro groups is 1. The molecule has 8 nitrogen and oxygen atoms in total. The van der Waals surface area contributed by atoms with Crippen LogP contribution in [-0.2, 0) is 0 Å². The molecule has 0 aliphatic rings. The van der Waals surface area contributed by atoms with Gasteiger partial charge in [-0.05, 0) is 37.3 Å². The average molecular weight is 331 g/mol. The molecule has 2 aromatic rings. The standard InChI is InChI=1S/C16H17N3O5/c1-2-23-12-7-9-13(10-8-12)24-11-17-16(20)18-14-5-3-4-6-15(14)19(21)22/h3-10H,2,11H2,1H3,(H2,17,18,20). The minimum absolute atomic E-state index is 0.0829. The van der Waals surface area contributed by atoms with E-state index in [9.17, 15) is 14.9 Å². The number of benzene rings is 2. The first kappa shape index (κ1) is 17.1. The molecule has 0 saturated carbocycles. The van der Waals surface area contributed by atoms with Gasteiger partial charge in [0.1, 0.15) is 17.2 Å². The molecule has 0 aromatic heterocycles. The van der Waals surface area contributed by atoms with Crippen molar-refractivity contribution in [2.24, 2.45) is 0 Å². The Morgan fingerprint density at radius 3 is 2.33 bits per heavy atom. The number of carbonyl (C=O) groups is 1. The number of para-hydroxylation sites is 2. The fraction of sp³-hybridized carbons (Fsp3) is 0.188. The van der Waals surface area contributed by atoms with Crippen LogP contribution >= 0.6 is 0 Å². The lowest BCUT2D eigenvalue weighted by Crippen LogP contribution is -2.32. The number of ether oxygens (including phenoxy) is 2. The van der Waals surface area contributed by atoms with E-state index in [2.05, 4.69) is 10.6 Å². The number of nitro benzene ring substituents is 1. The van der Waals surface area contributed by atoms with Gasteiger partial charge in [-0.25, -0.2) is 4.79 Å². The van der Waals surface area contributed by atoms with E-state index in [1.807, 2.05) is 6.92 Å². The molecule has 0 fully saturated rings. The Hall–Kier alpha value is -3.29. The molecule has 2 N–H and O–H groups in total. The van der Waals surface area contributed by atoms with Gasteiger partial charge in [-0.2, -0.15) is 0 Å². The van der Waals surface area contributed by atoms with E-state index in [4.69, 9.17) is 9.47 Å². The maximum absolute atomic E-state index is 11.8. The van der Waals surface area contributed by atoms with Crippen LogP contribution < -0.4 is 20.1 Å². The lowest BCUT2D eigenvalue weighted by Gasteiger charge is -2.10. The third-order valence-corrected chi connectivity index (χ3v) is 2.96. The number of anilines is 1. The molecule has 0 radical (unpaired) electrons. The van der Waals surface area contributed by atoms with Crippen LogP contribution in [0.4, 0.5) is 16.2 Å². The van der Waals surface area contributed by atoms with Crippen molar-refractivity contribution in [1.29, 1.82) is 0 Å². The Kier molecular flexibility index (Phi) is 5.95. The molecule has 0 spiro atoms. The molecule has 0 unspecified atom stereocenters. The number of hydrogen-bond acceptors (Lipinski definition) is 5. The maximum atomic E-state index is 11.8. The summed E-state index contributed by atoms with van der Waals surface area (Å²) < 4.78 is 10.7. The van der Waals surface area contributed by atoms with Crippen LogP contribution in [0.25, 0.3) is 0 Å². The topological polar surface area (TPSA) is 103 Å². The molecule has 24 heavy (non-hydrogen) atoms. The zero-order valence-corrected chi connectivity index (χ0v) is 13.0. The summed E-state index contributed by atoms with van der Waals surface area (Å²) in [5.74, 6) is 1.29. The van der Waals surface area contributed by atoms with Gasteiger partial charge in [-0.15, -0.1) is 0 Å². The molecule has 2 aromatic carbocycles. The number of nitrogens with one attached hydrogen (secondary N) is 2. The van der Waals surface area contributed by atoms with E-state index in [0.29, 0.717) is 12.4 Å². The maximum Gasteiger partial charge on any atom is 0.322 e. The highest BCUT2D eigenvalue weighted by Crippen LogP contribution is 2.22. The summed E-state index contributed by atoms with van der Waals surface area (Å²) in [6.07, 6.45) is 0. The molecule has 0 saturated heterocycles. The molecule has 0 bridgehead atoms. The normalized spacial score (nSPS) is 9.88. The summed E-state index contributed by atoms with van der Waals surface area (Å²) in [6, 6.07) is 12.2. The summed E-state index contributed by atoms with van der Waals surface area (Å²) in [4.78, 5) is 22.1. The van der Waals surface area contributed by atoms with Crippen LogP contribution in [0.2, 0.25) is 0 Å². The predicted octanol–water partition coefficient (Wildman–Crippen LogP) is 3.15. The van der Waals surface area contributed by atoms with Crippen LogP contribution in [0, 0.1) is 10.1 Å². The molecule has 2 rings (SSSR count). The van der Waals surface area contributed by atoms with Gasteiger partial charge in [0, 0.05) is 6.07 Å². The largest absolute Gasteiger partial charge is 0.494 e. The number of rotatable bonds is 7. The SMILES string of the molecule is CCOc1ccc(OCNC(=O)Nc2ccccc2[N+](=O)[O-])cc1. The number of nitrogens with zero attached hydrogens (tertiary/aromatic N) is 1. The quantitative estimate of drug-likeness (QED) is 0.461. The smallest absolute Gasteiger partial charge is 0.322 e. The Morgan fingerprint density at radius 2 is 1.71 bits per heavy atom. The van der Waals surface area contributed by atoms with E-state index >= 15 is 0 Å². The lowest BCUT2D eigenvalue weighted by molar-refractivity contribution is -0.383. The highest BCUT2D eigenvalue weighted by atomic mass is 16.6. The van der Waals surface area contributed by atoms with E-state index in [-0.39, 0.29) is 18.1 Å². The van der Waals surface area contributed by atoms with Crippen molar-refractivity contribution in [3.8, 4) is 11.5 Å².